The number of ether oxygens (including phenoxy) is 2. The summed E-state index contributed by atoms with van der Waals surface area (Å²) >= 11 is 0. The molecule has 0 saturated carbocycles. The topological polar surface area (TPSA) is 115 Å². The van der Waals surface area contributed by atoms with Gasteiger partial charge in [-0.2, -0.15) is 5.10 Å². The Morgan fingerprint density at radius 1 is 1.17 bits per heavy atom. The zero-order valence-corrected chi connectivity index (χ0v) is 20.7. The van der Waals surface area contributed by atoms with Gasteiger partial charge in [0.05, 0.1) is 35.5 Å². The average Bonchev–Trinajstić information content (AvgIpc) is 3.12. The van der Waals surface area contributed by atoms with Crippen LogP contribution in [0.5, 0.6) is 5.75 Å². The zero-order valence-electron chi connectivity index (χ0n) is 20.7. The lowest BCUT2D eigenvalue weighted by Gasteiger charge is -2.42. The van der Waals surface area contributed by atoms with Crippen LogP contribution in [0.4, 0.5) is 11.4 Å². The first kappa shape index (κ1) is 24.7. The van der Waals surface area contributed by atoms with Gasteiger partial charge in [-0.05, 0) is 44.4 Å². The van der Waals surface area contributed by atoms with Gasteiger partial charge in [-0.1, -0.05) is 6.92 Å². The molecule has 0 unspecified atom stereocenters. The molecular formula is C25H33N5O5. The van der Waals surface area contributed by atoms with E-state index in [9.17, 15) is 14.4 Å². The van der Waals surface area contributed by atoms with Crippen molar-refractivity contribution in [1.82, 2.24) is 14.7 Å². The summed E-state index contributed by atoms with van der Waals surface area (Å²) in [5, 5.41) is 9.98. The molecule has 2 aromatic rings. The maximum atomic E-state index is 13.3. The summed E-state index contributed by atoms with van der Waals surface area (Å²) in [5.74, 6) is 0.0377. The Kier molecular flexibility index (Phi) is 7.39. The molecule has 4 rings (SSSR count). The van der Waals surface area contributed by atoms with Gasteiger partial charge in [0.15, 0.2) is 0 Å². The second kappa shape index (κ2) is 10.5. The molecule has 2 aliphatic heterocycles. The molecule has 0 radical (unpaired) electrons. The molecule has 35 heavy (non-hydrogen) atoms. The molecule has 2 N–H and O–H groups in total. The van der Waals surface area contributed by atoms with Gasteiger partial charge in [0.1, 0.15) is 18.5 Å². The summed E-state index contributed by atoms with van der Waals surface area (Å²) < 4.78 is 13.9. The number of fused-ring (bicyclic) bond motifs is 2. The number of nitrogens with one attached hydrogen (secondary N) is 2. The van der Waals surface area contributed by atoms with E-state index in [1.165, 1.54) is 0 Å². The minimum absolute atomic E-state index is 0.0884. The van der Waals surface area contributed by atoms with E-state index < -0.39 is 0 Å². The fourth-order valence-corrected chi connectivity index (χ4v) is 4.69. The standard InChI is InChI=1S/C25H33N5O5/c1-5-6-23(31)26-16-7-10-21-18(11-16)25(33)30(4)20-9-8-17(35-22(20)14-34-21)12-24(32)27-19-13-29(3)28-15(19)2/h7,10-11,13,17,20,22H,5-6,8-9,12,14H2,1-4H3,(H,26,31)(H,27,32)/t17-,20-,22+/m1/s1. The molecule has 0 aliphatic carbocycles. The highest BCUT2D eigenvalue weighted by Crippen LogP contribution is 2.32. The SMILES string of the molecule is CCCC(=O)Nc1ccc2c(c1)C(=O)N(C)[C@@H]1CC[C@H](CC(=O)Nc3cn(C)nc3C)O[C@H]1CO2. The number of hydrogen-bond acceptors (Lipinski definition) is 6. The molecule has 2 aliphatic rings. The van der Waals surface area contributed by atoms with E-state index in [2.05, 4.69) is 15.7 Å². The van der Waals surface area contributed by atoms with Gasteiger partial charge >= 0.3 is 0 Å². The van der Waals surface area contributed by atoms with Gasteiger partial charge in [-0.15, -0.1) is 0 Å². The van der Waals surface area contributed by atoms with Crippen LogP contribution >= 0.6 is 0 Å². The Morgan fingerprint density at radius 2 is 1.97 bits per heavy atom. The Bertz CT molecular complexity index is 1110. The molecular weight excluding hydrogens is 450 g/mol. The number of benzene rings is 1. The Morgan fingerprint density at radius 3 is 2.69 bits per heavy atom. The predicted octanol–water partition coefficient (Wildman–Crippen LogP) is 2.88. The molecule has 3 heterocycles. The molecule has 3 atom stereocenters. The van der Waals surface area contributed by atoms with Crippen LogP contribution in [-0.4, -0.2) is 64.3 Å². The number of nitrogens with zero attached hydrogens (tertiary/aromatic N) is 3. The number of amides is 3. The van der Waals surface area contributed by atoms with Crippen LogP contribution in [0.2, 0.25) is 0 Å². The van der Waals surface area contributed by atoms with E-state index in [0.29, 0.717) is 42.0 Å². The first-order valence-corrected chi connectivity index (χ1v) is 12.0. The summed E-state index contributed by atoms with van der Waals surface area (Å²) in [7, 11) is 3.57. The van der Waals surface area contributed by atoms with Crippen LogP contribution in [0.25, 0.3) is 0 Å². The Balaban J connectivity index is 1.42. The lowest BCUT2D eigenvalue weighted by atomic mass is 9.94. The molecule has 3 amide bonds. The Labute approximate surface area is 204 Å². The number of likely N-dealkylation sites (N-methyl/N-ethyl adjacent to an activating group) is 1. The molecule has 1 aromatic heterocycles. The summed E-state index contributed by atoms with van der Waals surface area (Å²) in [6, 6.07) is 4.93. The van der Waals surface area contributed by atoms with Crippen molar-refractivity contribution in [3.05, 3.63) is 35.7 Å². The lowest BCUT2D eigenvalue weighted by molar-refractivity contribution is -0.130. The largest absolute Gasteiger partial charge is 0.490 e. The molecule has 10 nitrogen and oxygen atoms in total. The number of carbonyl (C=O) groups is 3. The van der Waals surface area contributed by atoms with Crippen LogP contribution in [0.15, 0.2) is 24.4 Å². The van der Waals surface area contributed by atoms with E-state index in [0.717, 1.165) is 12.1 Å². The second-order valence-corrected chi connectivity index (χ2v) is 9.23. The van der Waals surface area contributed by atoms with Gasteiger partial charge in [0.25, 0.3) is 5.91 Å². The van der Waals surface area contributed by atoms with E-state index in [-0.39, 0.29) is 49.0 Å². The van der Waals surface area contributed by atoms with E-state index in [4.69, 9.17) is 9.47 Å². The summed E-state index contributed by atoms with van der Waals surface area (Å²) in [5.41, 5.74) is 2.42. The number of anilines is 2. The number of aryl methyl sites for hydroxylation is 2. The van der Waals surface area contributed by atoms with E-state index in [1.807, 2.05) is 13.8 Å². The van der Waals surface area contributed by atoms with Crippen molar-refractivity contribution in [2.24, 2.45) is 7.05 Å². The van der Waals surface area contributed by atoms with Crippen molar-refractivity contribution in [3.8, 4) is 5.75 Å². The third kappa shape index (κ3) is 5.64. The van der Waals surface area contributed by atoms with Gasteiger partial charge < -0.3 is 25.0 Å². The first-order chi connectivity index (χ1) is 16.7. The number of rotatable bonds is 6. The fourth-order valence-electron chi connectivity index (χ4n) is 4.69. The van der Waals surface area contributed by atoms with Crippen molar-refractivity contribution in [2.75, 3.05) is 24.3 Å². The lowest BCUT2D eigenvalue weighted by Crippen LogP contribution is -2.53. The maximum Gasteiger partial charge on any atom is 0.257 e. The van der Waals surface area contributed by atoms with Gasteiger partial charge in [0.2, 0.25) is 11.8 Å². The molecule has 188 valence electrons. The average molecular weight is 484 g/mol. The first-order valence-electron chi connectivity index (χ1n) is 12.0. The minimum Gasteiger partial charge on any atom is -0.490 e. The normalized spacial score (nSPS) is 21.8. The highest BCUT2D eigenvalue weighted by Gasteiger charge is 2.39. The van der Waals surface area contributed by atoms with Crippen molar-refractivity contribution < 1.29 is 23.9 Å². The van der Waals surface area contributed by atoms with Gasteiger partial charge in [0, 0.05) is 32.4 Å². The van der Waals surface area contributed by atoms with Crippen LogP contribution in [-0.2, 0) is 21.4 Å². The zero-order chi connectivity index (χ0) is 25.1. The summed E-state index contributed by atoms with van der Waals surface area (Å²) in [4.78, 5) is 39.6. The molecule has 1 fully saturated rings. The number of carbonyl (C=O) groups excluding carboxylic acids is 3. The maximum absolute atomic E-state index is 13.3. The summed E-state index contributed by atoms with van der Waals surface area (Å²) in [6.45, 7) is 4.04. The molecule has 10 heteroatoms. The van der Waals surface area contributed by atoms with E-state index in [1.54, 1.807) is 48.1 Å². The highest BCUT2D eigenvalue weighted by atomic mass is 16.5. The third-order valence-electron chi connectivity index (χ3n) is 6.47. The van der Waals surface area contributed by atoms with E-state index >= 15 is 0 Å². The number of aromatic nitrogens is 2. The smallest absolute Gasteiger partial charge is 0.257 e. The molecule has 0 spiro atoms. The van der Waals surface area contributed by atoms with Crippen LogP contribution in [0, 0.1) is 6.92 Å². The third-order valence-corrected chi connectivity index (χ3v) is 6.47. The minimum atomic E-state index is -0.354. The Hall–Kier alpha value is -3.40. The van der Waals surface area contributed by atoms with Crippen LogP contribution < -0.4 is 15.4 Å². The predicted molar refractivity (Wildman–Crippen MR) is 130 cm³/mol. The molecule has 1 saturated heterocycles. The monoisotopic (exact) mass is 483 g/mol. The fraction of sp³-hybridized carbons (Fsp3) is 0.520. The quantitative estimate of drug-likeness (QED) is 0.653. The van der Waals surface area contributed by atoms with Gasteiger partial charge in [-0.3, -0.25) is 19.1 Å². The molecule has 1 aromatic carbocycles. The second-order valence-electron chi connectivity index (χ2n) is 9.23. The highest BCUT2D eigenvalue weighted by molar-refractivity contribution is 5.99. The van der Waals surface area contributed by atoms with Crippen LogP contribution in [0.1, 0.15) is 55.1 Å². The van der Waals surface area contributed by atoms with Crippen molar-refractivity contribution in [3.63, 3.8) is 0 Å². The van der Waals surface area contributed by atoms with Crippen molar-refractivity contribution in [1.29, 1.82) is 0 Å². The summed E-state index contributed by atoms with van der Waals surface area (Å²) in [6.07, 6.45) is 3.88. The van der Waals surface area contributed by atoms with Crippen molar-refractivity contribution >= 4 is 29.1 Å². The molecule has 0 bridgehead atoms. The number of hydrogen-bond donors (Lipinski definition) is 2. The van der Waals surface area contributed by atoms with Crippen LogP contribution in [0.3, 0.4) is 0 Å². The van der Waals surface area contributed by atoms with Crippen molar-refractivity contribution in [2.45, 2.75) is 64.2 Å². The van der Waals surface area contributed by atoms with Gasteiger partial charge in [-0.25, -0.2) is 0 Å².